The van der Waals surface area contributed by atoms with E-state index in [1.807, 2.05) is 18.2 Å². The molecular formula is C31H30FN3O6S. The maximum Gasteiger partial charge on any atom is 0.261 e. The first-order valence-corrected chi connectivity index (χ1v) is 14.4. The molecule has 0 unspecified atom stereocenters. The highest BCUT2D eigenvalue weighted by Gasteiger charge is 2.31. The van der Waals surface area contributed by atoms with Gasteiger partial charge >= 0.3 is 0 Å². The van der Waals surface area contributed by atoms with Gasteiger partial charge in [-0.1, -0.05) is 42.5 Å². The summed E-state index contributed by atoms with van der Waals surface area (Å²) in [4.78, 5) is 28.0. The molecule has 4 rings (SSSR count). The number of hydrogen-bond acceptors (Lipinski definition) is 6. The van der Waals surface area contributed by atoms with Crippen molar-refractivity contribution in [3.63, 3.8) is 0 Å². The van der Waals surface area contributed by atoms with Crippen LogP contribution in [0, 0.1) is 5.82 Å². The van der Waals surface area contributed by atoms with Gasteiger partial charge in [-0.3, -0.25) is 14.3 Å². The van der Waals surface area contributed by atoms with Gasteiger partial charge in [-0.05, 0) is 71.8 Å². The van der Waals surface area contributed by atoms with Crippen LogP contribution >= 0.6 is 0 Å². The summed E-state index contributed by atoms with van der Waals surface area (Å²) in [5.74, 6) is -0.403. The zero-order valence-electron chi connectivity index (χ0n) is 23.0. The van der Waals surface area contributed by atoms with Crippen molar-refractivity contribution in [2.45, 2.75) is 17.5 Å². The maximum atomic E-state index is 13.6. The summed E-state index contributed by atoms with van der Waals surface area (Å²) in [5.41, 5.74) is 1.61. The lowest BCUT2D eigenvalue weighted by Crippen LogP contribution is -2.44. The number of methoxy groups -OCH3 is 1. The molecule has 0 aliphatic carbocycles. The monoisotopic (exact) mass is 591 g/mol. The second-order valence-electron chi connectivity index (χ2n) is 9.17. The summed E-state index contributed by atoms with van der Waals surface area (Å²) >= 11 is 0. The Morgan fingerprint density at radius 3 is 2.07 bits per heavy atom. The summed E-state index contributed by atoms with van der Waals surface area (Å²) < 4.78 is 51.9. The molecule has 0 aromatic heterocycles. The molecule has 4 aromatic carbocycles. The highest BCUT2D eigenvalue weighted by Crippen LogP contribution is 2.25. The van der Waals surface area contributed by atoms with Crippen molar-refractivity contribution in [2.24, 2.45) is 0 Å². The number of likely N-dealkylation sites (N-methyl/N-ethyl adjacent to an activating group) is 1. The van der Waals surface area contributed by atoms with Crippen molar-refractivity contribution >= 4 is 27.5 Å². The van der Waals surface area contributed by atoms with Crippen LogP contribution < -0.4 is 19.5 Å². The van der Waals surface area contributed by atoms with E-state index >= 15 is 0 Å². The fourth-order valence-corrected chi connectivity index (χ4v) is 5.23. The van der Waals surface area contributed by atoms with E-state index in [1.54, 1.807) is 43.5 Å². The maximum absolute atomic E-state index is 13.6. The molecule has 0 spiro atoms. The number of ether oxygens (including phenoxy) is 2. The molecule has 42 heavy (non-hydrogen) atoms. The van der Waals surface area contributed by atoms with Crippen LogP contribution in [0.25, 0.3) is 0 Å². The number of nitrogens with one attached hydrogen (secondary N) is 2. The van der Waals surface area contributed by atoms with Gasteiger partial charge in [0.1, 0.15) is 23.4 Å². The highest BCUT2D eigenvalue weighted by molar-refractivity contribution is 7.92. The van der Waals surface area contributed by atoms with E-state index in [9.17, 15) is 22.4 Å². The molecule has 0 saturated heterocycles. The molecule has 9 nitrogen and oxygen atoms in total. The fourth-order valence-electron chi connectivity index (χ4n) is 4.17. The van der Waals surface area contributed by atoms with Crippen molar-refractivity contribution in [3.05, 3.63) is 120 Å². The van der Waals surface area contributed by atoms with E-state index < -0.39 is 34.4 Å². The molecule has 0 aliphatic heterocycles. The molecule has 0 aliphatic rings. The first-order valence-electron chi connectivity index (χ1n) is 12.9. The minimum absolute atomic E-state index is 0.0459. The second-order valence-corrected chi connectivity index (χ2v) is 10.9. The molecule has 0 radical (unpaired) electrons. The largest absolute Gasteiger partial charge is 0.497 e. The lowest BCUT2D eigenvalue weighted by atomic mass is 10.0. The zero-order valence-corrected chi connectivity index (χ0v) is 23.8. The molecule has 2 amide bonds. The van der Waals surface area contributed by atoms with E-state index in [2.05, 4.69) is 10.0 Å². The van der Waals surface area contributed by atoms with E-state index in [0.29, 0.717) is 11.3 Å². The molecule has 4 aromatic rings. The Balaban J connectivity index is 1.52. The lowest BCUT2D eigenvalue weighted by Gasteiger charge is -2.31. The zero-order chi connectivity index (χ0) is 30.1. The van der Waals surface area contributed by atoms with E-state index in [-0.39, 0.29) is 28.8 Å². The molecule has 0 fully saturated rings. The van der Waals surface area contributed by atoms with Gasteiger partial charge in [-0.2, -0.15) is 0 Å². The van der Waals surface area contributed by atoms with Gasteiger partial charge in [0.2, 0.25) is 5.91 Å². The average Bonchev–Trinajstić information content (AvgIpc) is 3.01. The minimum atomic E-state index is -3.94. The topological polar surface area (TPSA) is 114 Å². The lowest BCUT2D eigenvalue weighted by molar-refractivity contribution is -0.143. The third-order valence-electron chi connectivity index (χ3n) is 6.35. The van der Waals surface area contributed by atoms with Crippen LogP contribution in [0.2, 0.25) is 0 Å². The van der Waals surface area contributed by atoms with Gasteiger partial charge in [0, 0.05) is 19.3 Å². The Morgan fingerprint density at radius 1 is 0.857 bits per heavy atom. The summed E-state index contributed by atoms with van der Waals surface area (Å²) in [6.07, 6.45) is 0. The fraction of sp³-hybridized carbons (Fsp3) is 0.161. The number of benzene rings is 4. The van der Waals surface area contributed by atoms with Gasteiger partial charge in [0.05, 0.1) is 12.0 Å². The molecule has 218 valence electrons. The van der Waals surface area contributed by atoms with Crippen molar-refractivity contribution in [2.75, 3.05) is 25.5 Å². The van der Waals surface area contributed by atoms with Crippen molar-refractivity contribution in [3.8, 4) is 11.5 Å². The molecule has 0 bridgehead atoms. The number of carbonyl (C=O) groups excluding carboxylic acids is 2. The first-order chi connectivity index (χ1) is 20.2. The van der Waals surface area contributed by atoms with Gasteiger partial charge in [-0.25, -0.2) is 12.8 Å². The van der Waals surface area contributed by atoms with Gasteiger partial charge < -0.3 is 19.7 Å². The smallest absolute Gasteiger partial charge is 0.261 e. The third kappa shape index (κ3) is 7.64. The van der Waals surface area contributed by atoms with E-state index in [4.69, 9.17) is 9.47 Å². The number of amides is 2. The molecule has 0 saturated carbocycles. The number of carbonyl (C=O) groups is 2. The van der Waals surface area contributed by atoms with Crippen molar-refractivity contribution in [1.82, 2.24) is 10.2 Å². The SMILES string of the molecule is CNC(=O)[C@@H](c1ccccc1)N(Cc1ccc(OC)cc1)C(=O)COc1ccc(S(=O)(=O)Nc2ccc(F)cc2)cc1. The minimum Gasteiger partial charge on any atom is -0.497 e. The van der Waals surface area contributed by atoms with Crippen LogP contribution in [0.3, 0.4) is 0 Å². The summed E-state index contributed by atoms with van der Waals surface area (Å²) in [5, 5.41) is 2.64. The summed E-state index contributed by atoms with van der Waals surface area (Å²) in [6, 6.07) is 25.6. The van der Waals surface area contributed by atoms with Gasteiger partial charge in [0.25, 0.3) is 15.9 Å². The Kier molecular flexibility index (Phi) is 9.77. The van der Waals surface area contributed by atoms with E-state index in [1.165, 1.54) is 48.3 Å². The number of hydrogen-bond donors (Lipinski definition) is 2. The Hall–Kier alpha value is -4.90. The number of halogens is 1. The van der Waals surface area contributed by atoms with Crippen molar-refractivity contribution < 1.29 is 31.9 Å². The summed E-state index contributed by atoms with van der Waals surface area (Å²) in [7, 11) is -0.874. The first kappa shape index (κ1) is 30.1. The quantitative estimate of drug-likeness (QED) is 0.250. The standard InChI is InChI=1S/C31H30FN3O6S/c1-33-31(37)30(23-6-4-3-5-7-23)35(20-22-8-14-26(40-2)15-9-22)29(36)21-41-27-16-18-28(19-17-27)42(38,39)34-25-12-10-24(32)11-13-25/h3-19,30,34H,20-21H2,1-2H3,(H,33,37)/t30-/m1/s1. The normalized spacial score (nSPS) is 11.7. The average molecular weight is 592 g/mol. The van der Waals surface area contributed by atoms with Gasteiger partial charge in [-0.15, -0.1) is 0 Å². The van der Waals surface area contributed by atoms with Crippen LogP contribution in [0.4, 0.5) is 10.1 Å². The predicted molar refractivity (Wildman–Crippen MR) is 156 cm³/mol. The number of anilines is 1. The van der Waals surface area contributed by atoms with Gasteiger partial charge in [0.15, 0.2) is 6.61 Å². The molecule has 0 heterocycles. The molecule has 2 N–H and O–H groups in total. The van der Waals surface area contributed by atoms with Crippen LogP contribution in [0.5, 0.6) is 11.5 Å². The highest BCUT2D eigenvalue weighted by atomic mass is 32.2. The number of nitrogens with zero attached hydrogens (tertiary/aromatic N) is 1. The van der Waals surface area contributed by atoms with Crippen LogP contribution in [-0.4, -0.2) is 45.9 Å². The Bertz CT molecular complexity index is 1600. The van der Waals surface area contributed by atoms with Crippen molar-refractivity contribution in [1.29, 1.82) is 0 Å². The number of rotatable bonds is 12. The Morgan fingerprint density at radius 2 is 1.48 bits per heavy atom. The molecule has 1 atom stereocenters. The molecular weight excluding hydrogens is 561 g/mol. The van der Waals surface area contributed by atoms with E-state index in [0.717, 1.165) is 17.7 Å². The van der Waals surface area contributed by atoms with Crippen LogP contribution in [-0.2, 0) is 26.2 Å². The Labute approximate surface area is 243 Å². The number of sulfonamides is 1. The van der Waals surface area contributed by atoms with Crippen LogP contribution in [0.1, 0.15) is 17.2 Å². The molecule has 11 heteroatoms. The van der Waals surface area contributed by atoms with Crippen LogP contribution in [0.15, 0.2) is 108 Å². The second kappa shape index (κ2) is 13.6. The predicted octanol–water partition coefficient (Wildman–Crippen LogP) is 4.53. The third-order valence-corrected chi connectivity index (χ3v) is 7.74. The summed E-state index contributed by atoms with van der Waals surface area (Å²) in [6.45, 7) is -0.290.